The highest BCUT2D eigenvalue weighted by Gasteiger charge is 2.27. The van der Waals surface area contributed by atoms with Crippen LogP contribution in [0.1, 0.15) is 78.6 Å². The first-order valence-electron chi connectivity index (χ1n) is 8.90. The maximum Gasteiger partial charge on any atom is 0.00977 e. The van der Waals surface area contributed by atoms with Crippen molar-refractivity contribution in [3.8, 4) is 0 Å². The molecular formula is C18H35N. The zero-order valence-electron chi connectivity index (χ0n) is 13.5. The van der Waals surface area contributed by atoms with Crippen LogP contribution in [0.5, 0.6) is 0 Å². The largest absolute Gasteiger partial charge is 0.314 e. The van der Waals surface area contributed by atoms with Gasteiger partial charge < -0.3 is 5.32 Å². The van der Waals surface area contributed by atoms with Gasteiger partial charge in [-0.15, -0.1) is 0 Å². The van der Waals surface area contributed by atoms with E-state index in [0.717, 1.165) is 29.7 Å². The molecule has 0 saturated heterocycles. The van der Waals surface area contributed by atoms with Crippen LogP contribution >= 0.6 is 0 Å². The SMILES string of the molecule is CC1CCCC(CCNC2CCCCC2C(C)C)C1. The first kappa shape index (κ1) is 15.4. The molecule has 4 unspecified atom stereocenters. The summed E-state index contributed by atoms with van der Waals surface area (Å²) < 4.78 is 0. The van der Waals surface area contributed by atoms with Crippen LogP contribution in [0.2, 0.25) is 0 Å². The van der Waals surface area contributed by atoms with Crippen molar-refractivity contribution in [2.24, 2.45) is 23.7 Å². The molecule has 0 aromatic heterocycles. The van der Waals surface area contributed by atoms with Crippen LogP contribution in [0.15, 0.2) is 0 Å². The first-order chi connectivity index (χ1) is 9.16. The molecule has 1 heteroatoms. The number of nitrogens with one attached hydrogen (secondary N) is 1. The van der Waals surface area contributed by atoms with Crippen LogP contribution in [-0.4, -0.2) is 12.6 Å². The van der Waals surface area contributed by atoms with Gasteiger partial charge in [-0.05, 0) is 55.9 Å². The van der Waals surface area contributed by atoms with E-state index >= 15 is 0 Å². The van der Waals surface area contributed by atoms with Crippen molar-refractivity contribution in [2.75, 3.05) is 6.54 Å². The molecule has 0 aliphatic heterocycles. The fourth-order valence-corrected chi connectivity index (χ4v) is 4.51. The van der Waals surface area contributed by atoms with Gasteiger partial charge in [0, 0.05) is 6.04 Å². The Morgan fingerprint density at radius 1 is 1.00 bits per heavy atom. The Kier molecular flexibility index (Phi) is 6.19. The van der Waals surface area contributed by atoms with Crippen molar-refractivity contribution >= 4 is 0 Å². The zero-order valence-corrected chi connectivity index (χ0v) is 13.5. The van der Waals surface area contributed by atoms with E-state index in [2.05, 4.69) is 26.1 Å². The van der Waals surface area contributed by atoms with Crippen molar-refractivity contribution in [1.82, 2.24) is 5.32 Å². The third kappa shape index (κ3) is 4.77. The molecule has 2 saturated carbocycles. The molecule has 112 valence electrons. The van der Waals surface area contributed by atoms with Gasteiger partial charge in [0.15, 0.2) is 0 Å². The van der Waals surface area contributed by atoms with Crippen molar-refractivity contribution in [3.05, 3.63) is 0 Å². The molecule has 2 aliphatic rings. The monoisotopic (exact) mass is 265 g/mol. The maximum absolute atomic E-state index is 3.92. The number of hydrogen-bond donors (Lipinski definition) is 1. The first-order valence-corrected chi connectivity index (χ1v) is 8.90. The Hall–Kier alpha value is -0.0400. The highest BCUT2D eigenvalue weighted by molar-refractivity contribution is 4.83. The lowest BCUT2D eigenvalue weighted by molar-refractivity contribution is 0.197. The summed E-state index contributed by atoms with van der Waals surface area (Å²) in [6, 6.07) is 0.815. The lowest BCUT2D eigenvalue weighted by Gasteiger charge is -2.36. The van der Waals surface area contributed by atoms with E-state index in [1.54, 1.807) is 0 Å². The van der Waals surface area contributed by atoms with E-state index in [4.69, 9.17) is 0 Å². The normalized spacial score (nSPS) is 36.6. The molecule has 0 heterocycles. The zero-order chi connectivity index (χ0) is 13.7. The molecule has 0 aromatic carbocycles. The third-order valence-electron chi connectivity index (χ3n) is 5.68. The lowest BCUT2D eigenvalue weighted by Crippen LogP contribution is -2.41. The molecule has 0 amide bonds. The van der Waals surface area contributed by atoms with E-state index in [1.165, 1.54) is 64.3 Å². The van der Waals surface area contributed by atoms with Crippen LogP contribution < -0.4 is 5.32 Å². The van der Waals surface area contributed by atoms with Crippen LogP contribution in [0.4, 0.5) is 0 Å². The van der Waals surface area contributed by atoms with E-state index < -0.39 is 0 Å². The summed E-state index contributed by atoms with van der Waals surface area (Å²) in [7, 11) is 0. The summed E-state index contributed by atoms with van der Waals surface area (Å²) in [5.41, 5.74) is 0. The van der Waals surface area contributed by atoms with Gasteiger partial charge in [0.25, 0.3) is 0 Å². The van der Waals surface area contributed by atoms with Gasteiger partial charge >= 0.3 is 0 Å². The van der Waals surface area contributed by atoms with Crippen LogP contribution in [-0.2, 0) is 0 Å². The predicted molar refractivity (Wildman–Crippen MR) is 84.3 cm³/mol. The molecule has 0 aromatic rings. The average molecular weight is 265 g/mol. The number of hydrogen-bond acceptors (Lipinski definition) is 1. The van der Waals surface area contributed by atoms with Crippen LogP contribution in [0.25, 0.3) is 0 Å². The summed E-state index contributed by atoms with van der Waals surface area (Å²) in [6.45, 7) is 8.53. The quantitative estimate of drug-likeness (QED) is 0.737. The summed E-state index contributed by atoms with van der Waals surface area (Å²) in [5.74, 6) is 3.78. The van der Waals surface area contributed by atoms with E-state index in [-0.39, 0.29) is 0 Å². The highest BCUT2D eigenvalue weighted by atomic mass is 14.9. The molecule has 0 spiro atoms. The van der Waals surface area contributed by atoms with Crippen LogP contribution in [0.3, 0.4) is 0 Å². The topological polar surface area (TPSA) is 12.0 Å². The second kappa shape index (κ2) is 7.67. The van der Waals surface area contributed by atoms with Crippen molar-refractivity contribution in [1.29, 1.82) is 0 Å². The molecule has 19 heavy (non-hydrogen) atoms. The Balaban J connectivity index is 1.68. The van der Waals surface area contributed by atoms with Gasteiger partial charge in [0.05, 0.1) is 0 Å². The lowest BCUT2D eigenvalue weighted by atomic mass is 9.77. The smallest absolute Gasteiger partial charge is 0.00977 e. The summed E-state index contributed by atoms with van der Waals surface area (Å²) >= 11 is 0. The Bertz CT molecular complexity index is 248. The molecule has 1 nitrogen and oxygen atoms in total. The van der Waals surface area contributed by atoms with Gasteiger partial charge in [-0.3, -0.25) is 0 Å². The van der Waals surface area contributed by atoms with E-state index in [0.29, 0.717) is 0 Å². The fourth-order valence-electron chi connectivity index (χ4n) is 4.51. The number of rotatable bonds is 5. The van der Waals surface area contributed by atoms with Gasteiger partial charge in [0.2, 0.25) is 0 Å². The summed E-state index contributed by atoms with van der Waals surface area (Å²) in [5, 5.41) is 3.92. The maximum atomic E-state index is 3.92. The van der Waals surface area contributed by atoms with Crippen molar-refractivity contribution in [3.63, 3.8) is 0 Å². The van der Waals surface area contributed by atoms with Crippen molar-refractivity contribution < 1.29 is 0 Å². The molecular weight excluding hydrogens is 230 g/mol. The molecule has 4 atom stereocenters. The second-order valence-corrected chi connectivity index (χ2v) is 7.68. The minimum atomic E-state index is 0.815. The molecule has 0 bridgehead atoms. The molecule has 2 aliphatic carbocycles. The van der Waals surface area contributed by atoms with E-state index in [1.807, 2.05) is 0 Å². The average Bonchev–Trinajstić information content (AvgIpc) is 2.39. The third-order valence-corrected chi connectivity index (χ3v) is 5.68. The minimum Gasteiger partial charge on any atom is -0.314 e. The van der Waals surface area contributed by atoms with Gasteiger partial charge in [-0.25, -0.2) is 0 Å². The van der Waals surface area contributed by atoms with Gasteiger partial charge in [-0.1, -0.05) is 52.9 Å². The Morgan fingerprint density at radius 3 is 2.53 bits per heavy atom. The minimum absolute atomic E-state index is 0.815. The Morgan fingerprint density at radius 2 is 1.79 bits per heavy atom. The molecule has 2 rings (SSSR count). The Labute approximate surface area is 120 Å². The second-order valence-electron chi connectivity index (χ2n) is 7.68. The molecule has 0 radical (unpaired) electrons. The fraction of sp³-hybridized carbons (Fsp3) is 1.00. The summed E-state index contributed by atoms with van der Waals surface area (Å²) in [4.78, 5) is 0. The standard InChI is InChI=1S/C18H35N/c1-14(2)17-9-4-5-10-18(17)19-12-11-16-8-6-7-15(3)13-16/h14-19H,4-13H2,1-3H3. The van der Waals surface area contributed by atoms with Gasteiger partial charge in [0.1, 0.15) is 0 Å². The van der Waals surface area contributed by atoms with Crippen molar-refractivity contribution in [2.45, 2.75) is 84.6 Å². The van der Waals surface area contributed by atoms with Gasteiger partial charge in [-0.2, -0.15) is 0 Å². The molecule has 1 N–H and O–H groups in total. The summed E-state index contributed by atoms with van der Waals surface area (Å²) in [6.07, 6.45) is 13.1. The molecule has 2 fully saturated rings. The van der Waals surface area contributed by atoms with Crippen LogP contribution in [0, 0.1) is 23.7 Å². The highest BCUT2D eigenvalue weighted by Crippen LogP contribution is 2.32. The van der Waals surface area contributed by atoms with E-state index in [9.17, 15) is 0 Å². The predicted octanol–water partition coefficient (Wildman–Crippen LogP) is 5.01.